The maximum Gasteiger partial charge on any atom is 0.130 e. The fourth-order valence-electron chi connectivity index (χ4n) is 3.44. The first-order valence-electron chi connectivity index (χ1n) is 7.87. The van der Waals surface area contributed by atoms with Crippen molar-refractivity contribution in [1.29, 1.82) is 0 Å². The molecule has 3 rings (SSSR count). The van der Waals surface area contributed by atoms with Gasteiger partial charge in [-0.2, -0.15) is 0 Å². The maximum absolute atomic E-state index is 13.6. The maximum atomic E-state index is 13.6. The van der Waals surface area contributed by atoms with Crippen molar-refractivity contribution in [3.8, 4) is 0 Å². The van der Waals surface area contributed by atoms with Crippen LogP contribution in [0.15, 0.2) is 18.2 Å². The molecule has 2 aromatic rings. The zero-order chi connectivity index (χ0) is 15.2. The van der Waals surface area contributed by atoms with E-state index in [-0.39, 0.29) is 17.4 Å². The smallest absolute Gasteiger partial charge is 0.130 e. The minimum absolute atomic E-state index is 0.214. The molecule has 0 amide bonds. The van der Waals surface area contributed by atoms with Gasteiger partial charge in [-0.1, -0.05) is 6.92 Å². The van der Waals surface area contributed by atoms with Gasteiger partial charge in [-0.3, -0.25) is 0 Å². The summed E-state index contributed by atoms with van der Waals surface area (Å²) in [4.78, 5) is 4.77. The van der Waals surface area contributed by atoms with E-state index in [1.165, 1.54) is 6.07 Å². The van der Waals surface area contributed by atoms with Crippen LogP contribution in [-0.4, -0.2) is 9.55 Å². The normalized spacial score (nSPS) is 26.7. The summed E-state index contributed by atoms with van der Waals surface area (Å²) < 4.78 is 15.7. The van der Waals surface area contributed by atoms with Gasteiger partial charge in [-0.05, 0) is 63.6 Å². The van der Waals surface area contributed by atoms with Crippen molar-refractivity contribution in [2.75, 3.05) is 0 Å². The predicted octanol–water partition coefficient (Wildman–Crippen LogP) is 4.12. The van der Waals surface area contributed by atoms with Gasteiger partial charge in [0.15, 0.2) is 0 Å². The molecule has 0 bridgehead atoms. The molecule has 1 aliphatic carbocycles. The van der Waals surface area contributed by atoms with Crippen molar-refractivity contribution < 1.29 is 4.39 Å². The summed E-state index contributed by atoms with van der Waals surface area (Å²) in [5.41, 5.74) is 8.01. The first-order valence-corrected chi connectivity index (χ1v) is 7.87. The lowest BCUT2D eigenvalue weighted by Crippen LogP contribution is -2.42. The van der Waals surface area contributed by atoms with Gasteiger partial charge < -0.3 is 10.3 Å². The average Bonchev–Trinajstić information content (AvgIpc) is 2.81. The van der Waals surface area contributed by atoms with E-state index in [1.807, 2.05) is 0 Å². The van der Waals surface area contributed by atoms with Crippen molar-refractivity contribution >= 4 is 11.0 Å². The van der Waals surface area contributed by atoms with Gasteiger partial charge in [0.2, 0.25) is 0 Å². The summed E-state index contributed by atoms with van der Waals surface area (Å²) in [6.45, 7) is 6.48. The molecule has 0 unspecified atom stereocenters. The van der Waals surface area contributed by atoms with E-state index >= 15 is 0 Å². The third-order valence-electron chi connectivity index (χ3n) is 4.78. The molecule has 0 radical (unpaired) electrons. The molecule has 3 nitrogen and oxygen atoms in total. The van der Waals surface area contributed by atoms with Gasteiger partial charge in [-0.15, -0.1) is 0 Å². The molecule has 1 heterocycles. The standard InChI is InChI=1S/C17H24FN3/c1-11(2)21-15-10-13(18)4-5-14(15)20-16(21)17(19)8-6-12(3)7-9-17/h4-5,10-12H,6-9,19H2,1-3H3. The van der Waals surface area contributed by atoms with Crippen LogP contribution in [0.3, 0.4) is 0 Å². The highest BCUT2D eigenvalue weighted by Gasteiger charge is 2.37. The Labute approximate surface area is 125 Å². The summed E-state index contributed by atoms with van der Waals surface area (Å²) in [7, 11) is 0. The number of nitrogens with zero attached hydrogens (tertiary/aromatic N) is 2. The molecular weight excluding hydrogens is 265 g/mol. The van der Waals surface area contributed by atoms with Crippen LogP contribution in [0.25, 0.3) is 11.0 Å². The Balaban J connectivity index is 2.15. The zero-order valence-corrected chi connectivity index (χ0v) is 13.1. The fraction of sp³-hybridized carbons (Fsp3) is 0.588. The Kier molecular flexibility index (Phi) is 3.52. The largest absolute Gasteiger partial charge is 0.324 e. The Bertz CT molecular complexity index is 651. The second-order valence-corrected chi connectivity index (χ2v) is 6.87. The lowest BCUT2D eigenvalue weighted by molar-refractivity contribution is 0.229. The Morgan fingerprint density at radius 3 is 2.62 bits per heavy atom. The van der Waals surface area contributed by atoms with Crippen molar-refractivity contribution in [2.24, 2.45) is 11.7 Å². The number of halogens is 1. The summed E-state index contributed by atoms with van der Waals surface area (Å²) in [6.07, 6.45) is 4.16. The molecular formula is C17H24FN3. The van der Waals surface area contributed by atoms with Gasteiger partial charge in [-0.25, -0.2) is 9.37 Å². The van der Waals surface area contributed by atoms with Gasteiger partial charge in [0.05, 0.1) is 16.6 Å². The van der Waals surface area contributed by atoms with E-state index in [1.54, 1.807) is 12.1 Å². The molecule has 1 aromatic carbocycles. The summed E-state index contributed by atoms with van der Waals surface area (Å²) >= 11 is 0. The van der Waals surface area contributed by atoms with Crippen LogP contribution >= 0.6 is 0 Å². The lowest BCUT2D eigenvalue weighted by atomic mass is 9.77. The van der Waals surface area contributed by atoms with Gasteiger partial charge in [0.25, 0.3) is 0 Å². The second kappa shape index (κ2) is 5.09. The monoisotopic (exact) mass is 289 g/mol. The number of hydrogen-bond acceptors (Lipinski definition) is 2. The summed E-state index contributed by atoms with van der Waals surface area (Å²) in [5, 5.41) is 0. The Hall–Kier alpha value is -1.42. The quantitative estimate of drug-likeness (QED) is 0.903. The minimum Gasteiger partial charge on any atom is -0.324 e. The van der Waals surface area contributed by atoms with Gasteiger partial charge in [0.1, 0.15) is 11.6 Å². The summed E-state index contributed by atoms with van der Waals surface area (Å²) in [5.74, 6) is 1.43. The minimum atomic E-state index is -0.383. The number of benzene rings is 1. The van der Waals surface area contributed by atoms with Crippen LogP contribution in [0.5, 0.6) is 0 Å². The number of hydrogen-bond donors (Lipinski definition) is 1. The third kappa shape index (κ3) is 2.46. The van der Waals surface area contributed by atoms with E-state index in [0.717, 1.165) is 48.5 Å². The topological polar surface area (TPSA) is 43.8 Å². The number of aromatic nitrogens is 2. The van der Waals surface area contributed by atoms with Crippen LogP contribution in [0.1, 0.15) is 58.3 Å². The molecule has 0 aliphatic heterocycles. The van der Waals surface area contributed by atoms with Crippen LogP contribution in [0.2, 0.25) is 0 Å². The predicted molar refractivity (Wildman–Crippen MR) is 83.6 cm³/mol. The summed E-state index contributed by atoms with van der Waals surface area (Å²) in [6, 6.07) is 5.00. The lowest BCUT2D eigenvalue weighted by Gasteiger charge is -2.36. The highest BCUT2D eigenvalue weighted by atomic mass is 19.1. The number of nitrogens with two attached hydrogens (primary N) is 1. The molecule has 114 valence electrons. The van der Waals surface area contributed by atoms with Crippen LogP contribution in [-0.2, 0) is 5.54 Å². The van der Waals surface area contributed by atoms with Crippen LogP contribution in [0, 0.1) is 11.7 Å². The van der Waals surface area contributed by atoms with E-state index in [2.05, 4.69) is 25.3 Å². The van der Waals surface area contributed by atoms with Crippen LogP contribution < -0.4 is 5.73 Å². The van der Waals surface area contributed by atoms with E-state index in [4.69, 9.17) is 10.7 Å². The SMILES string of the molecule is CC1CCC(N)(c2nc3ccc(F)cc3n2C(C)C)CC1. The van der Waals surface area contributed by atoms with Crippen molar-refractivity contribution in [3.63, 3.8) is 0 Å². The van der Waals surface area contributed by atoms with Gasteiger partial charge in [0, 0.05) is 6.04 Å². The first kappa shape index (κ1) is 14.5. The molecule has 1 aliphatic rings. The molecule has 1 saturated carbocycles. The van der Waals surface area contributed by atoms with Gasteiger partial charge >= 0.3 is 0 Å². The average molecular weight is 289 g/mol. The molecule has 2 N–H and O–H groups in total. The Morgan fingerprint density at radius 2 is 2.00 bits per heavy atom. The molecule has 21 heavy (non-hydrogen) atoms. The van der Waals surface area contributed by atoms with E-state index in [0.29, 0.717) is 0 Å². The van der Waals surface area contributed by atoms with Crippen molar-refractivity contribution in [2.45, 2.75) is 58.0 Å². The molecule has 0 atom stereocenters. The molecule has 1 fully saturated rings. The molecule has 1 aromatic heterocycles. The zero-order valence-electron chi connectivity index (χ0n) is 13.1. The third-order valence-corrected chi connectivity index (χ3v) is 4.78. The van der Waals surface area contributed by atoms with E-state index in [9.17, 15) is 4.39 Å². The highest BCUT2D eigenvalue weighted by molar-refractivity contribution is 5.76. The second-order valence-electron chi connectivity index (χ2n) is 6.87. The number of rotatable bonds is 2. The molecule has 0 saturated heterocycles. The highest BCUT2D eigenvalue weighted by Crippen LogP contribution is 2.39. The molecule has 0 spiro atoms. The first-order chi connectivity index (χ1) is 9.90. The van der Waals surface area contributed by atoms with E-state index < -0.39 is 0 Å². The van der Waals surface area contributed by atoms with Crippen LogP contribution in [0.4, 0.5) is 4.39 Å². The fourth-order valence-corrected chi connectivity index (χ4v) is 3.44. The number of fused-ring (bicyclic) bond motifs is 1. The number of imidazole rings is 1. The van der Waals surface area contributed by atoms with Crippen molar-refractivity contribution in [1.82, 2.24) is 9.55 Å². The molecule has 4 heteroatoms. The Morgan fingerprint density at radius 1 is 1.33 bits per heavy atom. The van der Waals surface area contributed by atoms with Crippen molar-refractivity contribution in [3.05, 3.63) is 29.8 Å².